The minimum Gasteiger partial charge on any atom is -0.374 e. The largest absolute Gasteiger partial charge is 0.374 e. The second kappa shape index (κ2) is 9.93. The lowest BCUT2D eigenvalue weighted by Gasteiger charge is -2.26. The zero-order chi connectivity index (χ0) is 18.2. The second-order valence-corrected chi connectivity index (χ2v) is 8.03. The zero-order valence-corrected chi connectivity index (χ0v) is 17.3. The standard InChI is InChI=1S/C10H13N.C8H12N2S.C3H8/c1-11-8-4-6-9-5-2-3-7-10(9)11;1-3-8-9-6-4-10(2)5-7(6)11-8;1-3-2/h2-3,5,7H,4,6,8H2,1H3;3-5H2,1-2H3;3H2,1-2H3. The van der Waals surface area contributed by atoms with Crippen LogP contribution in [0.15, 0.2) is 24.3 Å². The lowest BCUT2D eigenvalue weighted by molar-refractivity contribution is 0.351. The number of para-hydroxylation sites is 1. The molecule has 0 saturated heterocycles. The van der Waals surface area contributed by atoms with Gasteiger partial charge in [-0.05, 0) is 37.9 Å². The van der Waals surface area contributed by atoms with Crippen molar-refractivity contribution >= 4 is 17.0 Å². The van der Waals surface area contributed by atoms with Crippen molar-refractivity contribution in [3.05, 3.63) is 45.4 Å². The lowest BCUT2D eigenvalue weighted by atomic mass is 10.0. The van der Waals surface area contributed by atoms with Gasteiger partial charge in [-0.3, -0.25) is 4.90 Å². The Balaban J connectivity index is 0.000000156. The molecule has 0 radical (unpaired) electrons. The molecule has 0 saturated carbocycles. The number of nitrogens with zero attached hydrogens (tertiary/aromatic N) is 3. The van der Waals surface area contributed by atoms with E-state index in [-0.39, 0.29) is 0 Å². The summed E-state index contributed by atoms with van der Waals surface area (Å²) in [6, 6.07) is 8.66. The van der Waals surface area contributed by atoms with Crippen LogP contribution < -0.4 is 4.90 Å². The van der Waals surface area contributed by atoms with Gasteiger partial charge in [0.05, 0.1) is 10.7 Å². The molecule has 2 aliphatic heterocycles. The van der Waals surface area contributed by atoms with Gasteiger partial charge in [0.2, 0.25) is 0 Å². The maximum Gasteiger partial charge on any atom is 0.0929 e. The minimum atomic E-state index is 1.05. The van der Waals surface area contributed by atoms with Crippen molar-refractivity contribution in [2.75, 3.05) is 25.5 Å². The van der Waals surface area contributed by atoms with Crippen molar-refractivity contribution in [3.63, 3.8) is 0 Å². The molecule has 0 fully saturated rings. The molecular weight excluding hydrogens is 326 g/mol. The Morgan fingerprint density at radius 2 is 1.80 bits per heavy atom. The highest BCUT2D eigenvalue weighted by atomic mass is 32.1. The van der Waals surface area contributed by atoms with Crippen molar-refractivity contribution in [1.29, 1.82) is 0 Å². The molecule has 1 aromatic carbocycles. The molecule has 3 nitrogen and oxygen atoms in total. The predicted molar refractivity (Wildman–Crippen MR) is 111 cm³/mol. The third-order valence-corrected chi connectivity index (χ3v) is 5.53. The van der Waals surface area contributed by atoms with Gasteiger partial charge in [-0.1, -0.05) is 45.4 Å². The summed E-state index contributed by atoms with van der Waals surface area (Å²) in [6.45, 7) is 9.77. The van der Waals surface area contributed by atoms with E-state index in [1.165, 1.54) is 52.6 Å². The first-order chi connectivity index (χ1) is 12.1. The summed E-state index contributed by atoms with van der Waals surface area (Å²) < 4.78 is 0. The number of aromatic nitrogens is 1. The van der Waals surface area contributed by atoms with E-state index in [1.54, 1.807) is 0 Å². The smallest absolute Gasteiger partial charge is 0.0929 e. The summed E-state index contributed by atoms with van der Waals surface area (Å²) >= 11 is 1.87. The second-order valence-electron chi connectivity index (χ2n) is 6.86. The molecule has 0 amide bonds. The van der Waals surface area contributed by atoms with Crippen LogP contribution in [0.25, 0.3) is 0 Å². The predicted octanol–water partition coefficient (Wildman–Crippen LogP) is 5.14. The van der Waals surface area contributed by atoms with Crippen LogP contribution in [0.3, 0.4) is 0 Å². The number of hydrogen-bond donors (Lipinski definition) is 0. The molecule has 4 heteroatoms. The van der Waals surface area contributed by atoms with E-state index in [4.69, 9.17) is 0 Å². The number of hydrogen-bond acceptors (Lipinski definition) is 4. The Labute approximate surface area is 157 Å². The number of anilines is 1. The molecule has 2 aliphatic rings. The van der Waals surface area contributed by atoms with Crippen LogP contribution in [0.5, 0.6) is 0 Å². The number of aryl methyl sites for hydroxylation is 2. The normalized spacial score (nSPS) is 15.5. The highest BCUT2D eigenvalue weighted by Crippen LogP contribution is 2.27. The summed E-state index contributed by atoms with van der Waals surface area (Å²) in [5.41, 5.74) is 4.23. The Kier molecular flexibility index (Phi) is 7.91. The molecule has 4 rings (SSSR count). The van der Waals surface area contributed by atoms with Gasteiger partial charge in [0.1, 0.15) is 0 Å². The topological polar surface area (TPSA) is 19.4 Å². The summed E-state index contributed by atoms with van der Waals surface area (Å²) in [5, 5.41) is 1.29. The van der Waals surface area contributed by atoms with Crippen molar-refractivity contribution in [2.45, 2.75) is 59.5 Å². The summed E-state index contributed by atoms with van der Waals surface area (Å²) in [5.74, 6) is 0. The van der Waals surface area contributed by atoms with Crippen LogP contribution in [0, 0.1) is 0 Å². The number of thiazole rings is 1. The van der Waals surface area contributed by atoms with Crippen LogP contribution in [0.4, 0.5) is 5.69 Å². The molecule has 25 heavy (non-hydrogen) atoms. The van der Waals surface area contributed by atoms with Crippen LogP contribution in [0.1, 0.15) is 54.8 Å². The summed E-state index contributed by atoms with van der Waals surface area (Å²) in [7, 11) is 4.30. The van der Waals surface area contributed by atoms with Crippen LogP contribution >= 0.6 is 11.3 Å². The van der Waals surface area contributed by atoms with Gasteiger partial charge in [0.15, 0.2) is 0 Å². The number of benzene rings is 1. The Morgan fingerprint density at radius 1 is 1.08 bits per heavy atom. The third-order valence-electron chi connectivity index (χ3n) is 4.30. The van der Waals surface area contributed by atoms with Crippen LogP contribution in [-0.4, -0.2) is 30.5 Å². The van der Waals surface area contributed by atoms with Crippen molar-refractivity contribution < 1.29 is 0 Å². The molecule has 0 atom stereocenters. The van der Waals surface area contributed by atoms with Crippen LogP contribution in [-0.2, 0) is 25.9 Å². The van der Waals surface area contributed by atoms with Gasteiger partial charge in [-0.15, -0.1) is 11.3 Å². The summed E-state index contributed by atoms with van der Waals surface area (Å²) in [4.78, 5) is 10.6. The maximum absolute atomic E-state index is 4.54. The third kappa shape index (κ3) is 5.55. The van der Waals surface area contributed by atoms with E-state index in [9.17, 15) is 0 Å². The molecular formula is C21H33N3S. The summed E-state index contributed by atoms with van der Waals surface area (Å²) in [6.07, 6.45) is 4.88. The fourth-order valence-electron chi connectivity index (χ4n) is 3.11. The average Bonchev–Trinajstić information content (AvgIpc) is 3.13. The van der Waals surface area contributed by atoms with Crippen molar-refractivity contribution in [1.82, 2.24) is 9.88 Å². The monoisotopic (exact) mass is 359 g/mol. The van der Waals surface area contributed by atoms with Gasteiger partial charge in [0.25, 0.3) is 0 Å². The molecule has 138 valence electrons. The molecule has 1 aromatic heterocycles. The first-order valence-corrected chi connectivity index (χ1v) is 10.4. The van der Waals surface area contributed by atoms with Gasteiger partial charge in [-0.25, -0.2) is 4.98 Å². The SMILES string of the molecule is CCC.CCc1nc2c(s1)CN(C)C2.CN1CCCc2ccccc21. The van der Waals surface area contributed by atoms with Gasteiger partial charge >= 0.3 is 0 Å². The first-order valence-electron chi connectivity index (χ1n) is 9.54. The van der Waals surface area contributed by atoms with Crippen molar-refractivity contribution in [3.8, 4) is 0 Å². The molecule has 0 N–H and O–H groups in total. The van der Waals surface area contributed by atoms with Gasteiger partial charge < -0.3 is 4.90 Å². The van der Waals surface area contributed by atoms with E-state index < -0.39 is 0 Å². The first kappa shape index (κ1) is 19.9. The highest BCUT2D eigenvalue weighted by Gasteiger charge is 2.19. The average molecular weight is 360 g/mol. The molecule has 2 aromatic rings. The van der Waals surface area contributed by atoms with E-state index >= 15 is 0 Å². The zero-order valence-electron chi connectivity index (χ0n) is 16.5. The fourth-order valence-corrected chi connectivity index (χ4v) is 4.21. The molecule has 0 aliphatic carbocycles. The maximum atomic E-state index is 4.54. The Hall–Kier alpha value is -1.39. The molecule has 0 unspecified atom stereocenters. The Morgan fingerprint density at radius 3 is 2.44 bits per heavy atom. The van der Waals surface area contributed by atoms with Crippen LogP contribution in [0.2, 0.25) is 0 Å². The van der Waals surface area contributed by atoms with E-state index in [1.807, 2.05) is 11.3 Å². The van der Waals surface area contributed by atoms with E-state index in [0.717, 1.165) is 19.5 Å². The lowest BCUT2D eigenvalue weighted by Crippen LogP contribution is -2.24. The Bertz CT molecular complexity index is 627. The minimum absolute atomic E-state index is 1.05. The molecule has 0 bridgehead atoms. The van der Waals surface area contributed by atoms with Gasteiger partial charge in [-0.2, -0.15) is 0 Å². The van der Waals surface area contributed by atoms with Crippen molar-refractivity contribution in [2.24, 2.45) is 0 Å². The molecule has 3 heterocycles. The number of rotatable bonds is 1. The molecule has 0 spiro atoms. The quantitative estimate of drug-likeness (QED) is 0.703. The van der Waals surface area contributed by atoms with E-state index in [2.05, 4.69) is 73.9 Å². The fraction of sp³-hybridized carbons (Fsp3) is 0.571. The van der Waals surface area contributed by atoms with Gasteiger partial charge in [0, 0.05) is 37.2 Å². The van der Waals surface area contributed by atoms with E-state index in [0.29, 0.717) is 0 Å². The number of fused-ring (bicyclic) bond motifs is 2. The highest BCUT2D eigenvalue weighted by molar-refractivity contribution is 7.11.